The van der Waals surface area contributed by atoms with E-state index in [1.807, 2.05) is 13.8 Å². The fourth-order valence-electron chi connectivity index (χ4n) is 6.15. The highest BCUT2D eigenvalue weighted by molar-refractivity contribution is 5.80. The van der Waals surface area contributed by atoms with Gasteiger partial charge in [0.05, 0.1) is 5.69 Å². The minimum atomic E-state index is -0.361. The third-order valence-corrected chi connectivity index (χ3v) is 6.95. The van der Waals surface area contributed by atoms with E-state index in [9.17, 15) is 9.59 Å². The average Bonchev–Trinajstić information content (AvgIpc) is 2.93. The van der Waals surface area contributed by atoms with Gasteiger partial charge in [0.15, 0.2) is 6.61 Å². The summed E-state index contributed by atoms with van der Waals surface area (Å²) in [6, 6.07) is 0. The lowest BCUT2D eigenvalue weighted by atomic mass is 9.49. The van der Waals surface area contributed by atoms with E-state index in [2.05, 4.69) is 10.5 Å². The summed E-state index contributed by atoms with van der Waals surface area (Å²) in [6.45, 7) is 4.24. The number of aromatic nitrogens is 1. The van der Waals surface area contributed by atoms with E-state index in [0.717, 1.165) is 41.3 Å². The van der Waals surface area contributed by atoms with Gasteiger partial charge in [0, 0.05) is 18.5 Å². The molecule has 5 rings (SSSR count). The van der Waals surface area contributed by atoms with Crippen LogP contribution in [0.15, 0.2) is 4.52 Å². The Labute approximate surface area is 160 Å². The second-order valence-electron chi connectivity index (χ2n) is 9.16. The smallest absolute Gasteiger partial charge is 0.306 e. The van der Waals surface area contributed by atoms with Crippen molar-refractivity contribution < 1.29 is 18.8 Å². The highest BCUT2D eigenvalue weighted by Crippen LogP contribution is 2.59. The lowest BCUT2D eigenvalue weighted by Gasteiger charge is -2.56. The normalized spacial score (nSPS) is 31.1. The molecule has 6 nitrogen and oxygen atoms in total. The fourth-order valence-corrected chi connectivity index (χ4v) is 6.15. The molecule has 4 saturated carbocycles. The summed E-state index contributed by atoms with van der Waals surface area (Å²) in [5, 5.41) is 6.92. The summed E-state index contributed by atoms with van der Waals surface area (Å²) < 4.78 is 10.2. The largest absolute Gasteiger partial charge is 0.456 e. The van der Waals surface area contributed by atoms with Crippen LogP contribution in [-0.4, -0.2) is 30.2 Å². The number of aryl methyl sites for hydroxylation is 2. The summed E-state index contributed by atoms with van der Waals surface area (Å²) >= 11 is 0. The molecule has 4 fully saturated rings. The Balaban J connectivity index is 1.18. The first-order chi connectivity index (χ1) is 12.9. The highest BCUT2D eigenvalue weighted by atomic mass is 16.5. The molecular weight excluding hydrogens is 344 g/mol. The number of carbonyl (C=O) groups is 2. The number of hydrogen-bond donors (Lipinski definition) is 1. The van der Waals surface area contributed by atoms with Gasteiger partial charge < -0.3 is 14.6 Å². The van der Waals surface area contributed by atoms with E-state index in [0.29, 0.717) is 11.8 Å². The molecule has 1 aromatic rings. The zero-order valence-corrected chi connectivity index (χ0v) is 16.4. The van der Waals surface area contributed by atoms with Crippen molar-refractivity contribution in [2.75, 3.05) is 13.2 Å². The third-order valence-electron chi connectivity index (χ3n) is 6.95. The number of carbonyl (C=O) groups excluding carboxylic acids is 2. The SMILES string of the molecule is Cc1noc(C)c1CCC(=O)OCC(=O)NCC12CC3CC(CC(C3)C1)C2. The molecule has 1 heterocycles. The number of rotatable bonds is 7. The van der Waals surface area contributed by atoms with E-state index in [-0.39, 0.29) is 24.9 Å². The van der Waals surface area contributed by atoms with E-state index < -0.39 is 0 Å². The summed E-state index contributed by atoms with van der Waals surface area (Å²) in [5.41, 5.74) is 2.05. The van der Waals surface area contributed by atoms with Crippen molar-refractivity contribution in [2.24, 2.45) is 23.2 Å². The summed E-state index contributed by atoms with van der Waals surface area (Å²) in [4.78, 5) is 24.1. The fraction of sp³-hybridized carbons (Fsp3) is 0.762. The number of amides is 1. The molecular formula is C21H30N2O4. The van der Waals surface area contributed by atoms with Gasteiger partial charge >= 0.3 is 5.97 Å². The number of esters is 1. The van der Waals surface area contributed by atoms with Gasteiger partial charge in [-0.2, -0.15) is 0 Å². The zero-order chi connectivity index (χ0) is 19.0. The van der Waals surface area contributed by atoms with Gasteiger partial charge in [0.1, 0.15) is 5.76 Å². The molecule has 1 N–H and O–H groups in total. The van der Waals surface area contributed by atoms with Crippen molar-refractivity contribution in [1.82, 2.24) is 10.5 Å². The van der Waals surface area contributed by atoms with Crippen LogP contribution >= 0.6 is 0 Å². The molecule has 148 valence electrons. The van der Waals surface area contributed by atoms with Gasteiger partial charge in [-0.3, -0.25) is 9.59 Å². The van der Waals surface area contributed by atoms with Gasteiger partial charge in [-0.25, -0.2) is 0 Å². The molecule has 0 spiro atoms. The van der Waals surface area contributed by atoms with E-state index >= 15 is 0 Å². The molecule has 0 aliphatic heterocycles. The Kier molecular flexibility index (Phi) is 4.99. The van der Waals surface area contributed by atoms with Crippen molar-refractivity contribution >= 4 is 11.9 Å². The molecule has 6 heteroatoms. The van der Waals surface area contributed by atoms with Crippen LogP contribution in [0.3, 0.4) is 0 Å². The van der Waals surface area contributed by atoms with Crippen LogP contribution in [0.5, 0.6) is 0 Å². The monoisotopic (exact) mass is 374 g/mol. The first-order valence-corrected chi connectivity index (χ1v) is 10.3. The lowest BCUT2D eigenvalue weighted by molar-refractivity contribution is -0.148. The number of nitrogens with one attached hydrogen (secondary N) is 1. The predicted molar refractivity (Wildman–Crippen MR) is 98.9 cm³/mol. The molecule has 4 aliphatic carbocycles. The lowest BCUT2D eigenvalue weighted by Crippen LogP contribution is -2.51. The second kappa shape index (κ2) is 7.28. The van der Waals surface area contributed by atoms with Gasteiger partial charge in [-0.1, -0.05) is 5.16 Å². The number of ether oxygens (including phenoxy) is 1. The maximum absolute atomic E-state index is 12.2. The van der Waals surface area contributed by atoms with E-state index in [4.69, 9.17) is 9.26 Å². The molecule has 0 aromatic carbocycles. The minimum absolute atomic E-state index is 0.184. The van der Waals surface area contributed by atoms with Gasteiger partial charge in [-0.05, 0) is 82.0 Å². The van der Waals surface area contributed by atoms with Crippen LogP contribution in [0, 0.1) is 37.0 Å². The van der Waals surface area contributed by atoms with Crippen molar-refractivity contribution in [3.8, 4) is 0 Å². The Bertz CT molecular complexity index is 669. The maximum Gasteiger partial charge on any atom is 0.306 e. The quantitative estimate of drug-likeness (QED) is 0.742. The summed E-state index contributed by atoms with van der Waals surface area (Å²) in [5.74, 6) is 2.80. The van der Waals surface area contributed by atoms with Crippen molar-refractivity contribution in [2.45, 2.75) is 65.2 Å². The standard InChI is InChI=1S/C21H30N2O4/c1-13-18(14(2)27-23-13)3-4-20(25)26-11-19(24)22-12-21-8-15-5-16(9-21)7-17(6-15)10-21/h15-17H,3-12H2,1-2H3,(H,22,24). The van der Waals surface area contributed by atoms with E-state index in [1.54, 1.807) is 0 Å². The van der Waals surface area contributed by atoms with Crippen LogP contribution in [0.1, 0.15) is 62.0 Å². The van der Waals surface area contributed by atoms with Gasteiger partial charge in [-0.15, -0.1) is 0 Å². The van der Waals surface area contributed by atoms with Crippen LogP contribution < -0.4 is 5.32 Å². The number of nitrogens with zero attached hydrogens (tertiary/aromatic N) is 1. The van der Waals surface area contributed by atoms with Crippen LogP contribution in [0.2, 0.25) is 0 Å². The molecule has 0 radical (unpaired) electrons. The first kappa shape index (κ1) is 18.5. The average molecular weight is 374 g/mol. The molecule has 1 amide bonds. The Hall–Kier alpha value is -1.85. The van der Waals surface area contributed by atoms with Crippen LogP contribution in [0.25, 0.3) is 0 Å². The highest BCUT2D eigenvalue weighted by Gasteiger charge is 2.50. The van der Waals surface area contributed by atoms with Crippen molar-refractivity contribution in [3.63, 3.8) is 0 Å². The second-order valence-corrected chi connectivity index (χ2v) is 9.16. The molecule has 0 saturated heterocycles. The predicted octanol–water partition coefficient (Wildman–Crippen LogP) is 3.10. The van der Waals surface area contributed by atoms with E-state index in [1.165, 1.54) is 38.5 Å². The first-order valence-electron chi connectivity index (χ1n) is 10.3. The zero-order valence-electron chi connectivity index (χ0n) is 16.4. The van der Waals surface area contributed by atoms with Crippen LogP contribution in [0.4, 0.5) is 0 Å². The molecule has 0 atom stereocenters. The minimum Gasteiger partial charge on any atom is -0.456 e. The summed E-state index contributed by atoms with van der Waals surface area (Å²) in [6.07, 6.45) is 8.73. The Morgan fingerprint density at radius 3 is 2.33 bits per heavy atom. The van der Waals surface area contributed by atoms with Gasteiger partial charge in [0.25, 0.3) is 5.91 Å². The Morgan fingerprint density at radius 2 is 1.78 bits per heavy atom. The molecule has 4 bridgehead atoms. The van der Waals surface area contributed by atoms with Crippen LogP contribution in [-0.2, 0) is 20.7 Å². The maximum atomic E-state index is 12.2. The summed E-state index contributed by atoms with van der Waals surface area (Å²) in [7, 11) is 0. The van der Waals surface area contributed by atoms with Crippen molar-refractivity contribution in [1.29, 1.82) is 0 Å². The molecule has 4 aliphatic rings. The Morgan fingerprint density at radius 1 is 1.15 bits per heavy atom. The third kappa shape index (κ3) is 4.04. The molecule has 27 heavy (non-hydrogen) atoms. The molecule has 1 aromatic heterocycles. The van der Waals surface area contributed by atoms with Crippen molar-refractivity contribution in [3.05, 3.63) is 17.0 Å². The topological polar surface area (TPSA) is 81.4 Å². The number of hydrogen-bond acceptors (Lipinski definition) is 5. The van der Waals surface area contributed by atoms with Gasteiger partial charge in [0.2, 0.25) is 0 Å². The molecule has 0 unspecified atom stereocenters.